The Labute approximate surface area is 103 Å². The number of amides is 2. The third-order valence-corrected chi connectivity index (χ3v) is 2.52. The normalized spacial score (nSPS) is 10.2. The molecule has 1 aromatic rings. The predicted molar refractivity (Wildman–Crippen MR) is 69.8 cm³/mol. The van der Waals surface area contributed by atoms with Crippen LogP contribution in [0.25, 0.3) is 0 Å². The first-order valence-corrected chi connectivity index (χ1v) is 5.62. The van der Waals surface area contributed by atoms with Gasteiger partial charge in [-0.15, -0.1) is 0 Å². The van der Waals surface area contributed by atoms with Crippen molar-refractivity contribution >= 4 is 11.7 Å². The fraction of sp³-hybridized carbons (Fsp3) is 0.462. The van der Waals surface area contributed by atoms with Crippen molar-refractivity contribution in [3.8, 4) is 5.75 Å². The maximum Gasteiger partial charge on any atom is 0.321 e. The third-order valence-electron chi connectivity index (χ3n) is 2.52. The minimum absolute atomic E-state index is 0.163. The summed E-state index contributed by atoms with van der Waals surface area (Å²) in [5.41, 5.74) is 1.79. The number of ether oxygens (including phenoxy) is 1. The van der Waals surface area contributed by atoms with Gasteiger partial charge in [-0.1, -0.05) is 26.0 Å². The van der Waals surface area contributed by atoms with Crippen molar-refractivity contribution in [3.05, 3.63) is 23.8 Å². The number of methoxy groups -OCH3 is 1. The van der Waals surface area contributed by atoms with Crippen LogP contribution in [0.5, 0.6) is 5.75 Å². The van der Waals surface area contributed by atoms with Crippen molar-refractivity contribution in [2.45, 2.75) is 19.8 Å². The third kappa shape index (κ3) is 3.12. The number of nitrogens with one attached hydrogen (secondary N) is 1. The van der Waals surface area contributed by atoms with E-state index in [-0.39, 0.29) is 6.03 Å². The van der Waals surface area contributed by atoms with Gasteiger partial charge < -0.3 is 15.0 Å². The molecule has 2 amide bonds. The number of anilines is 1. The topological polar surface area (TPSA) is 41.6 Å². The molecule has 1 rings (SSSR count). The molecule has 0 aliphatic heterocycles. The number of hydrogen-bond donors (Lipinski definition) is 1. The van der Waals surface area contributed by atoms with Crippen molar-refractivity contribution in [1.29, 1.82) is 0 Å². The van der Waals surface area contributed by atoms with Gasteiger partial charge >= 0.3 is 6.03 Å². The van der Waals surface area contributed by atoms with Crippen LogP contribution in [0.2, 0.25) is 0 Å². The van der Waals surface area contributed by atoms with Gasteiger partial charge in [0.15, 0.2) is 0 Å². The standard InChI is InChI=1S/C13H20N2O2/c1-9(2)10-7-6-8-11(12(10)17-5)14-13(16)15(3)4/h6-9H,1-5H3,(H,14,16). The second kappa shape index (κ2) is 5.57. The van der Waals surface area contributed by atoms with E-state index in [1.54, 1.807) is 21.2 Å². The Morgan fingerprint density at radius 1 is 1.35 bits per heavy atom. The fourth-order valence-electron chi connectivity index (χ4n) is 1.56. The minimum atomic E-state index is -0.163. The molecule has 0 aromatic heterocycles. The first-order valence-electron chi connectivity index (χ1n) is 5.62. The molecule has 17 heavy (non-hydrogen) atoms. The van der Waals surface area contributed by atoms with E-state index in [9.17, 15) is 4.79 Å². The lowest BCUT2D eigenvalue weighted by Crippen LogP contribution is -2.27. The van der Waals surface area contributed by atoms with Crippen LogP contribution < -0.4 is 10.1 Å². The van der Waals surface area contributed by atoms with E-state index in [0.29, 0.717) is 11.6 Å². The quantitative estimate of drug-likeness (QED) is 0.876. The summed E-state index contributed by atoms with van der Waals surface area (Å²) < 4.78 is 5.39. The number of hydrogen-bond acceptors (Lipinski definition) is 2. The zero-order chi connectivity index (χ0) is 13.0. The number of benzene rings is 1. The number of urea groups is 1. The number of rotatable bonds is 3. The van der Waals surface area contributed by atoms with Gasteiger partial charge in [-0.2, -0.15) is 0 Å². The van der Waals surface area contributed by atoms with E-state index in [2.05, 4.69) is 19.2 Å². The second-order valence-corrected chi connectivity index (χ2v) is 4.41. The first kappa shape index (κ1) is 13.4. The summed E-state index contributed by atoms with van der Waals surface area (Å²) in [7, 11) is 5.02. The van der Waals surface area contributed by atoms with Crippen molar-refractivity contribution in [2.24, 2.45) is 0 Å². The van der Waals surface area contributed by atoms with Gasteiger partial charge in [0.05, 0.1) is 12.8 Å². The lowest BCUT2D eigenvalue weighted by atomic mass is 10.0. The zero-order valence-electron chi connectivity index (χ0n) is 11.1. The molecule has 1 N–H and O–H groups in total. The first-order chi connectivity index (χ1) is 7.97. The molecule has 0 saturated carbocycles. The van der Waals surface area contributed by atoms with Gasteiger partial charge in [0.2, 0.25) is 0 Å². The summed E-state index contributed by atoms with van der Waals surface area (Å²) in [6, 6.07) is 5.61. The zero-order valence-corrected chi connectivity index (χ0v) is 11.1. The Kier molecular flexibility index (Phi) is 4.37. The van der Waals surface area contributed by atoms with Crippen LogP contribution in [0, 0.1) is 0 Å². The van der Waals surface area contributed by atoms with Crippen LogP contribution in [0.4, 0.5) is 10.5 Å². The van der Waals surface area contributed by atoms with Crippen molar-refractivity contribution in [3.63, 3.8) is 0 Å². The van der Waals surface area contributed by atoms with E-state index >= 15 is 0 Å². The largest absolute Gasteiger partial charge is 0.494 e. The number of carbonyl (C=O) groups is 1. The molecule has 1 aromatic carbocycles. The number of nitrogens with zero attached hydrogens (tertiary/aromatic N) is 1. The Bertz CT molecular complexity index is 400. The lowest BCUT2D eigenvalue weighted by molar-refractivity contribution is 0.230. The Balaban J connectivity index is 3.07. The summed E-state index contributed by atoms with van der Waals surface area (Å²) in [5.74, 6) is 1.08. The van der Waals surface area contributed by atoms with Gasteiger partial charge in [-0.3, -0.25) is 0 Å². The molecule has 4 heteroatoms. The molecule has 0 aliphatic rings. The van der Waals surface area contributed by atoms with Crippen LogP contribution >= 0.6 is 0 Å². The fourth-order valence-corrected chi connectivity index (χ4v) is 1.56. The molecule has 0 fully saturated rings. The summed E-state index contributed by atoms with van der Waals surface area (Å²) in [4.78, 5) is 13.1. The van der Waals surface area contributed by atoms with Crippen molar-refractivity contribution < 1.29 is 9.53 Å². The second-order valence-electron chi connectivity index (χ2n) is 4.41. The van der Waals surface area contributed by atoms with Gasteiger partial charge in [0.1, 0.15) is 5.75 Å². The highest BCUT2D eigenvalue weighted by atomic mass is 16.5. The minimum Gasteiger partial charge on any atom is -0.494 e. The molecule has 0 spiro atoms. The van der Waals surface area contributed by atoms with E-state index in [4.69, 9.17) is 4.74 Å². The van der Waals surface area contributed by atoms with Crippen LogP contribution in [0.3, 0.4) is 0 Å². The van der Waals surface area contributed by atoms with Crippen LogP contribution in [0.15, 0.2) is 18.2 Å². The molecular formula is C13H20N2O2. The van der Waals surface area contributed by atoms with Crippen LogP contribution in [0.1, 0.15) is 25.3 Å². The molecule has 0 unspecified atom stereocenters. The van der Waals surface area contributed by atoms with Crippen molar-refractivity contribution in [2.75, 3.05) is 26.5 Å². The molecule has 94 valence electrons. The van der Waals surface area contributed by atoms with E-state index < -0.39 is 0 Å². The van der Waals surface area contributed by atoms with Crippen LogP contribution in [-0.4, -0.2) is 32.1 Å². The summed E-state index contributed by atoms with van der Waals surface area (Å²) in [5, 5.41) is 2.82. The molecule has 0 heterocycles. The molecule has 0 saturated heterocycles. The highest BCUT2D eigenvalue weighted by molar-refractivity contribution is 5.91. The molecular weight excluding hydrogens is 216 g/mol. The molecule has 0 radical (unpaired) electrons. The number of carbonyl (C=O) groups excluding carboxylic acids is 1. The van der Waals surface area contributed by atoms with Gasteiger partial charge in [-0.25, -0.2) is 4.79 Å². The molecule has 0 atom stereocenters. The molecule has 0 aliphatic carbocycles. The average Bonchev–Trinajstić information content (AvgIpc) is 2.28. The average molecular weight is 236 g/mol. The van der Waals surface area contributed by atoms with Gasteiger partial charge in [0.25, 0.3) is 0 Å². The van der Waals surface area contributed by atoms with Gasteiger partial charge in [0, 0.05) is 14.1 Å². The summed E-state index contributed by atoms with van der Waals surface area (Å²) in [6.45, 7) is 4.19. The monoisotopic (exact) mass is 236 g/mol. The summed E-state index contributed by atoms with van der Waals surface area (Å²) in [6.07, 6.45) is 0. The molecule has 4 nitrogen and oxygen atoms in total. The number of para-hydroxylation sites is 1. The smallest absolute Gasteiger partial charge is 0.321 e. The Hall–Kier alpha value is -1.71. The van der Waals surface area contributed by atoms with Crippen molar-refractivity contribution in [1.82, 2.24) is 4.90 Å². The maximum absolute atomic E-state index is 11.6. The lowest BCUT2D eigenvalue weighted by Gasteiger charge is -2.18. The SMILES string of the molecule is COc1c(NC(=O)N(C)C)cccc1C(C)C. The van der Waals surface area contributed by atoms with Crippen LogP contribution in [-0.2, 0) is 0 Å². The molecule has 0 bridgehead atoms. The highest BCUT2D eigenvalue weighted by Gasteiger charge is 2.14. The Morgan fingerprint density at radius 2 is 2.00 bits per heavy atom. The van der Waals surface area contributed by atoms with E-state index in [0.717, 1.165) is 11.3 Å². The predicted octanol–water partition coefficient (Wildman–Crippen LogP) is 2.91. The summed E-state index contributed by atoms with van der Waals surface area (Å²) >= 11 is 0. The van der Waals surface area contributed by atoms with E-state index in [1.165, 1.54) is 4.90 Å². The van der Waals surface area contributed by atoms with Gasteiger partial charge in [-0.05, 0) is 17.5 Å². The highest BCUT2D eigenvalue weighted by Crippen LogP contribution is 2.33. The maximum atomic E-state index is 11.6. The van der Waals surface area contributed by atoms with E-state index in [1.807, 2.05) is 18.2 Å². The Morgan fingerprint density at radius 3 is 2.47 bits per heavy atom.